The highest BCUT2D eigenvalue weighted by molar-refractivity contribution is 5.28. The number of benzene rings is 1. The van der Waals surface area contributed by atoms with E-state index in [2.05, 4.69) is 9.97 Å². The molecule has 2 aromatic rings. The summed E-state index contributed by atoms with van der Waals surface area (Å²) in [6.07, 6.45) is 3.02. The number of hydrogen-bond donors (Lipinski definition) is 1. The fourth-order valence-electron chi connectivity index (χ4n) is 1.28. The van der Waals surface area contributed by atoms with Crippen molar-refractivity contribution in [1.82, 2.24) is 9.97 Å². The van der Waals surface area contributed by atoms with Crippen molar-refractivity contribution in [2.24, 2.45) is 5.73 Å². The average molecular weight is 233 g/mol. The van der Waals surface area contributed by atoms with E-state index < -0.39 is 0 Å². The predicted octanol–water partition coefficient (Wildman–Crippen LogP) is 2.43. The van der Waals surface area contributed by atoms with Gasteiger partial charge >= 0.3 is 0 Å². The van der Waals surface area contributed by atoms with E-state index >= 15 is 0 Å². The van der Waals surface area contributed by atoms with E-state index in [0.29, 0.717) is 17.3 Å². The van der Waals surface area contributed by atoms with Gasteiger partial charge in [-0.25, -0.2) is 14.4 Å². The summed E-state index contributed by atoms with van der Waals surface area (Å²) in [6.45, 7) is 1.79. The number of rotatable bonds is 3. The van der Waals surface area contributed by atoms with Gasteiger partial charge in [0.15, 0.2) is 5.75 Å². The summed E-state index contributed by atoms with van der Waals surface area (Å²) in [5, 5.41) is 0. The Labute approximate surface area is 98.3 Å². The fraction of sp³-hybridized carbons (Fsp3) is 0.167. The Kier molecular flexibility index (Phi) is 3.30. The third kappa shape index (κ3) is 2.98. The molecule has 2 rings (SSSR count). The van der Waals surface area contributed by atoms with Crippen LogP contribution in [0.3, 0.4) is 0 Å². The van der Waals surface area contributed by atoms with E-state index in [1.807, 2.05) is 0 Å². The van der Waals surface area contributed by atoms with Crippen LogP contribution >= 0.6 is 0 Å². The summed E-state index contributed by atoms with van der Waals surface area (Å²) in [4.78, 5) is 8.08. The van der Waals surface area contributed by atoms with Crippen molar-refractivity contribution < 1.29 is 9.13 Å². The van der Waals surface area contributed by atoms with Gasteiger partial charge < -0.3 is 10.5 Å². The molecule has 1 atom stereocenters. The van der Waals surface area contributed by atoms with Crippen LogP contribution in [-0.4, -0.2) is 9.97 Å². The molecule has 4 nitrogen and oxygen atoms in total. The zero-order chi connectivity index (χ0) is 12.3. The number of nitrogens with zero attached hydrogens (tertiary/aromatic N) is 2. The van der Waals surface area contributed by atoms with Crippen molar-refractivity contribution >= 4 is 0 Å². The molecule has 2 N–H and O–H groups in total. The van der Waals surface area contributed by atoms with Crippen LogP contribution in [0.2, 0.25) is 0 Å². The largest absolute Gasteiger partial charge is 0.454 e. The number of aromatic nitrogens is 2. The molecule has 0 aliphatic rings. The zero-order valence-corrected chi connectivity index (χ0v) is 9.30. The summed E-state index contributed by atoms with van der Waals surface area (Å²) < 4.78 is 18.3. The van der Waals surface area contributed by atoms with Crippen molar-refractivity contribution in [2.45, 2.75) is 13.0 Å². The van der Waals surface area contributed by atoms with E-state index in [4.69, 9.17) is 10.5 Å². The van der Waals surface area contributed by atoms with Crippen molar-refractivity contribution in [3.05, 3.63) is 48.3 Å². The molecule has 88 valence electrons. The van der Waals surface area contributed by atoms with Gasteiger partial charge in [-0.05, 0) is 19.1 Å². The van der Waals surface area contributed by atoms with Gasteiger partial charge in [0.2, 0.25) is 0 Å². The molecule has 0 amide bonds. The quantitative estimate of drug-likeness (QED) is 0.884. The van der Waals surface area contributed by atoms with Crippen LogP contribution in [0.25, 0.3) is 0 Å². The van der Waals surface area contributed by atoms with Crippen LogP contribution in [0.4, 0.5) is 4.39 Å². The Hall–Kier alpha value is -2.01. The molecule has 1 unspecified atom stereocenters. The Balaban J connectivity index is 2.14. The monoisotopic (exact) mass is 233 g/mol. The highest BCUT2D eigenvalue weighted by Crippen LogP contribution is 2.20. The molecule has 1 aromatic carbocycles. The van der Waals surface area contributed by atoms with Gasteiger partial charge in [-0.1, -0.05) is 6.07 Å². The van der Waals surface area contributed by atoms with Crippen molar-refractivity contribution in [3.63, 3.8) is 0 Å². The van der Waals surface area contributed by atoms with E-state index in [1.54, 1.807) is 19.1 Å². The lowest BCUT2D eigenvalue weighted by Gasteiger charge is -2.06. The lowest BCUT2D eigenvalue weighted by molar-refractivity contribution is 0.470. The van der Waals surface area contributed by atoms with E-state index in [0.717, 1.165) is 0 Å². The molecule has 1 aromatic heterocycles. The summed E-state index contributed by atoms with van der Waals surface area (Å²) in [5.41, 5.74) is 5.62. The SMILES string of the molecule is CC(N)c1ncc(Oc2cccc(F)c2)cn1. The molecule has 0 bridgehead atoms. The first-order valence-corrected chi connectivity index (χ1v) is 5.16. The second-order valence-corrected chi connectivity index (χ2v) is 3.63. The molecular formula is C12H12FN3O. The first kappa shape index (κ1) is 11.5. The number of ether oxygens (including phenoxy) is 1. The maximum absolute atomic E-state index is 12.9. The van der Waals surface area contributed by atoms with Gasteiger partial charge in [-0.2, -0.15) is 0 Å². The van der Waals surface area contributed by atoms with Gasteiger partial charge in [0.1, 0.15) is 17.4 Å². The molecule has 17 heavy (non-hydrogen) atoms. The van der Waals surface area contributed by atoms with E-state index in [1.165, 1.54) is 24.5 Å². The highest BCUT2D eigenvalue weighted by atomic mass is 19.1. The van der Waals surface area contributed by atoms with Gasteiger partial charge in [0.05, 0.1) is 18.4 Å². The van der Waals surface area contributed by atoms with Crippen LogP contribution < -0.4 is 10.5 Å². The van der Waals surface area contributed by atoms with Crippen molar-refractivity contribution in [1.29, 1.82) is 0 Å². The second kappa shape index (κ2) is 4.88. The molecule has 0 aliphatic heterocycles. The zero-order valence-electron chi connectivity index (χ0n) is 9.30. The van der Waals surface area contributed by atoms with Gasteiger partial charge in [0.25, 0.3) is 0 Å². The Morgan fingerprint density at radius 2 is 1.94 bits per heavy atom. The van der Waals surface area contributed by atoms with E-state index in [-0.39, 0.29) is 11.9 Å². The maximum Gasteiger partial charge on any atom is 0.164 e. The second-order valence-electron chi connectivity index (χ2n) is 3.63. The fourth-order valence-corrected chi connectivity index (χ4v) is 1.28. The van der Waals surface area contributed by atoms with Gasteiger partial charge in [-0.15, -0.1) is 0 Å². The molecule has 0 aliphatic carbocycles. The summed E-state index contributed by atoms with van der Waals surface area (Å²) in [5.74, 6) is 1.04. The minimum Gasteiger partial charge on any atom is -0.454 e. The summed E-state index contributed by atoms with van der Waals surface area (Å²) in [7, 11) is 0. The van der Waals surface area contributed by atoms with Crippen LogP contribution in [-0.2, 0) is 0 Å². The summed E-state index contributed by atoms with van der Waals surface area (Å²) >= 11 is 0. The molecular weight excluding hydrogens is 221 g/mol. The highest BCUT2D eigenvalue weighted by Gasteiger charge is 2.04. The molecule has 1 heterocycles. The Morgan fingerprint density at radius 1 is 1.24 bits per heavy atom. The van der Waals surface area contributed by atoms with Gasteiger partial charge in [0, 0.05) is 6.07 Å². The van der Waals surface area contributed by atoms with Crippen LogP contribution in [0.15, 0.2) is 36.7 Å². The third-order valence-corrected chi connectivity index (χ3v) is 2.09. The molecule has 0 radical (unpaired) electrons. The number of nitrogens with two attached hydrogens (primary N) is 1. The minimum absolute atomic E-state index is 0.224. The van der Waals surface area contributed by atoms with Crippen molar-refractivity contribution in [2.75, 3.05) is 0 Å². The lowest BCUT2D eigenvalue weighted by atomic mass is 10.3. The number of halogens is 1. The topological polar surface area (TPSA) is 61.0 Å². The average Bonchev–Trinajstić information content (AvgIpc) is 2.29. The lowest BCUT2D eigenvalue weighted by Crippen LogP contribution is -2.09. The molecule has 0 saturated heterocycles. The van der Waals surface area contributed by atoms with Crippen molar-refractivity contribution in [3.8, 4) is 11.5 Å². The minimum atomic E-state index is -0.351. The first-order valence-electron chi connectivity index (χ1n) is 5.16. The molecule has 0 spiro atoms. The molecule has 5 heteroatoms. The molecule has 0 saturated carbocycles. The van der Waals surface area contributed by atoms with Crippen LogP contribution in [0, 0.1) is 5.82 Å². The first-order chi connectivity index (χ1) is 8.15. The van der Waals surface area contributed by atoms with Gasteiger partial charge in [-0.3, -0.25) is 0 Å². The predicted molar refractivity (Wildman–Crippen MR) is 61.1 cm³/mol. The van der Waals surface area contributed by atoms with Crippen LogP contribution in [0.5, 0.6) is 11.5 Å². The van der Waals surface area contributed by atoms with Crippen LogP contribution in [0.1, 0.15) is 18.8 Å². The maximum atomic E-state index is 12.9. The van der Waals surface area contributed by atoms with E-state index in [9.17, 15) is 4.39 Å². The smallest absolute Gasteiger partial charge is 0.164 e. The Morgan fingerprint density at radius 3 is 2.53 bits per heavy atom. The normalized spacial score (nSPS) is 12.2. The third-order valence-electron chi connectivity index (χ3n) is 2.09. The molecule has 0 fully saturated rings. The standard InChI is InChI=1S/C12H12FN3O/c1-8(14)12-15-6-11(7-16-12)17-10-4-2-3-9(13)5-10/h2-8H,14H2,1H3. The summed E-state index contributed by atoms with van der Waals surface area (Å²) in [6, 6.07) is 5.64. The number of hydrogen-bond acceptors (Lipinski definition) is 4. The Bertz CT molecular complexity index is 499.